The van der Waals surface area contributed by atoms with E-state index in [-0.39, 0.29) is 0 Å². The monoisotopic (exact) mass is 361 g/mol. The molecule has 4 heteroatoms. The standard InChI is InChI=1S/C15H12IN3/c16-10-4-3-5-11(8-10)19-15-12-6-1-2-7-14(12)18-9-13(15)17/h1-9H,17H2,(H,18,19). The van der Waals surface area contributed by atoms with Crippen molar-refractivity contribution >= 4 is 50.6 Å². The van der Waals surface area contributed by atoms with E-state index < -0.39 is 0 Å². The first kappa shape index (κ1) is 12.2. The predicted molar refractivity (Wildman–Crippen MR) is 88.6 cm³/mol. The fraction of sp³-hybridized carbons (Fsp3) is 0. The maximum absolute atomic E-state index is 6.05. The fourth-order valence-electron chi connectivity index (χ4n) is 2.01. The molecule has 0 aliphatic heterocycles. The molecule has 0 aliphatic rings. The molecule has 0 atom stereocenters. The van der Waals surface area contributed by atoms with Gasteiger partial charge in [-0.05, 0) is 46.9 Å². The Bertz CT molecular complexity index is 740. The highest BCUT2D eigenvalue weighted by Gasteiger charge is 2.06. The van der Waals surface area contributed by atoms with Gasteiger partial charge in [0.1, 0.15) is 0 Å². The molecular weight excluding hydrogens is 349 g/mol. The predicted octanol–water partition coefficient (Wildman–Crippen LogP) is 4.17. The number of nitrogens with one attached hydrogen (secondary N) is 1. The molecule has 3 aromatic rings. The van der Waals surface area contributed by atoms with Crippen LogP contribution in [0.15, 0.2) is 54.7 Å². The lowest BCUT2D eigenvalue weighted by Crippen LogP contribution is -1.98. The first-order valence-corrected chi connectivity index (χ1v) is 6.98. The number of nitrogens with two attached hydrogens (primary N) is 1. The van der Waals surface area contributed by atoms with Gasteiger partial charge in [0.15, 0.2) is 0 Å². The van der Waals surface area contributed by atoms with Crippen LogP contribution in [0.4, 0.5) is 17.1 Å². The number of halogens is 1. The van der Waals surface area contributed by atoms with Crippen molar-refractivity contribution in [1.29, 1.82) is 0 Å². The molecule has 3 rings (SSSR count). The van der Waals surface area contributed by atoms with E-state index in [1.54, 1.807) is 6.20 Å². The third-order valence-electron chi connectivity index (χ3n) is 2.90. The van der Waals surface area contributed by atoms with Gasteiger partial charge in [0.05, 0.1) is 23.1 Å². The molecule has 0 aliphatic carbocycles. The molecule has 0 unspecified atom stereocenters. The average molecular weight is 361 g/mol. The largest absolute Gasteiger partial charge is 0.396 e. The van der Waals surface area contributed by atoms with E-state index in [1.807, 2.05) is 36.4 Å². The summed E-state index contributed by atoms with van der Waals surface area (Å²) in [5.41, 5.74) is 9.56. The van der Waals surface area contributed by atoms with E-state index in [9.17, 15) is 0 Å². The second-order valence-electron chi connectivity index (χ2n) is 4.24. The smallest absolute Gasteiger partial charge is 0.0746 e. The molecule has 19 heavy (non-hydrogen) atoms. The number of pyridine rings is 1. The highest BCUT2D eigenvalue weighted by atomic mass is 127. The number of benzene rings is 2. The van der Waals surface area contributed by atoms with Gasteiger partial charge in [-0.25, -0.2) is 0 Å². The molecule has 0 saturated heterocycles. The Morgan fingerprint density at radius 2 is 1.89 bits per heavy atom. The van der Waals surface area contributed by atoms with E-state index in [2.05, 4.69) is 45.0 Å². The molecule has 0 spiro atoms. The SMILES string of the molecule is Nc1cnc2ccccc2c1Nc1cccc(I)c1. The molecule has 0 saturated carbocycles. The van der Waals surface area contributed by atoms with Crippen LogP contribution in [-0.2, 0) is 0 Å². The Morgan fingerprint density at radius 3 is 2.74 bits per heavy atom. The number of rotatable bonds is 2. The first-order valence-electron chi connectivity index (χ1n) is 5.90. The summed E-state index contributed by atoms with van der Waals surface area (Å²) in [4.78, 5) is 4.33. The van der Waals surface area contributed by atoms with Gasteiger partial charge in [-0.15, -0.1) is 0 Å². The van der Waals surface area contributed by atoms with Gasteiger partial charge in [-0.3, -0.25) is 4.98 Å². The van der Waals surface area contributed by atoms with Crippen LogP contribution in [0.2, 0.25) is 0 Å². The van der Waals surface area contributed by atoms with Crippen LogP contribution in [0, 0.1) is 3.57 Å². The molecule has 2 aromatic carbocycles. The van der Waals surface area contributed by atoms with Gasteiger partial charge in [0.2, 0.25) is 0 Å². The second-order valence-corrected chi connectivity index (χ2v) is 5.49. The van der Waals surface area contributed by atoms with Crippen molar-refractivity contribution < 1.29 is 0 Å². The summed E-state index contributed by atoms with van der Waals surface area (Å²) in [6.45, 7) is 0. The molecule has 3 nitrogen and oxygen atoms in total. The van der Waals surface area contributed by atoms with E-state index >= 15 is 0 Å². The van der Waals surface area contributed by atoms with Crippen molar-refractivity contribution in [3.8, 4) is 0 Å². The van der Waals surface area contributed by atoms with Gasteiger partial charge in [-0.1, -0.05) is 24.3 Å². The maximum atomic E-state index is 6.05. The topological polar surface area (TPSA) is 50.9 Å². The number of aromatic nitrogens is 1. The zero-order valence-corrected chi connectivity index (χ0v) is 12.3. The molecule has 0 radical (unpaired) electrons. The molecule has 1 heterocycles. The quantitative estimate of drug-likeness (QED) is 0.674. The second kappa shape index (κ2) is 5.05. The number of anilines is 3. The van der Waals surface area contributed by atoms with E-state index in [4.69, 9.17) is 5.73 Å². The Labute approximate surface area is 125 Å². The fourth-order valence-corrected chi connectivity index (χ4v) is 2.55. The van der Waals surface area contributed by atoms with Gasteiger partial charge in [-0.2, -0.15) is 0 Å². The summed E-state index contributed by atoms with van der Waals surface area (Å²) in [5.74, 6) is 0. The highest BCUT2D eigenvalue weighted by molar-refractivity contribution is 14.1. The van der Waals surface area contributed by atoms with Crippen LogP contribution in [-0.4, -0.2) is 4.98 Å². The lowest BCUT2D eigenvalue weighted by Gasteiger charge is -2.12. The average Bonchev–Trinajstić information content (AvgIpc) is 2.42. The number of hydrogen-bond donors (Lipinski definition) is 2. The number of nitrogen functional groups attached to an aromatic ring is 1. The summed E-state index contributed by atoms with van der Waals surface area (Å²) >= 11 is 2.29. The summed E-state index contributed by atoms with van der Waals surface area (Å²) in [6, 6.07) is 16.1. The summed E-state index contributed by atoms with van der Waals surface area (Å²) in [5, 5.41) is 4.42. The summed E-state index contributed by atoms with van der Waals surface area (Å²) in [7, 11) is 0. The summed E-state index contributed by atoms with van der Waals surface area (Å²) < 4.78 is 1.18. The Morgan fingerprint density at radius 1 is 1.05 bits per heavy atom. The van der Waals surface area contributed by atoms with Crippen molar-refractivity contribution in [2.75, 3.05) is 11.1 Å². The van der Waals surface area contributed by atoms with Crippen LogP contribution in [0.1, 0.15) is 0 Å². The molecule has 0 amide bonds. The van der Waals surface area contributed by atoms with Crippen LogP contribution in [0.3, 0.4) is 0 Å². The zero-order valence-electron chi connectivity index (χ0n) is 10.1. The minimum absolute atomic E-state index is 0.651. The third-order valence-corrected chi connectivity index (χ3v) is 3.57. The van der Waals surface area contributed by atoms with Gasteiger partial charge in [0, 0.05) is 14.6 Å². The lowest BCUT2D eigenvalue weighted by atomic mass is 10.1. The van der Waals surface area contributed by atoms with Crippen molar-refractivity contribution in [2.45, 2.75) is 0 Å². The Kier molecular flexibility index (Phi) is 3.25. The molecular formula is C15H12IN3. The minimum atomic E-state index is 0.651. The Balaban J connectivity index is 2.12. The van der Waals surface area contributed by atoms with Crippen molar-refractivity contribution in [3.05, 3.63) is 58.3 Å². The molecule has 1 aromatic heterocycles. The number of hydrogen-bond acceptors (Lipinski definition) is 3. The minimum Gasteiger partial charge on any atom is -0.396 e. The van der Waals surface area contributed by atoms with Crippen LogP contribution < -0.4 is 11.1 Å². The number of para-hydroxylation sites is 1. The van der Waals surface area contributed by atoms with Gasteiger partial charge < -0.3 is 11.1 Å². The van der Waals surface area contributed by atoms with Crippen LogP contribution in [0.5, 0.6) is 0 Å². The zero-order chi connectivity index (χ0) is 13.2. The highest BCUT2D eigenvalue weighted by Crippen LogP contribution is 2.30. The molecule has 0 bridgehead atoms. The number of nitrogens with zero attached hydrogens (tertiary/aromatic N) is 1. The van der Waals surface area contributed by atoms with Crippen molar-refractivity contribution in [2.24, 2.45) is 0 Å². The van der Waals surface area contributed by atoms with Gasteiger partial charge >= 0.3 is 0 Å². The molecule has 0 fully saturated rings. The van der Waals surface area contributed by atoms with Crippen molar-refractivity contribution in [3.63, 3.8) is 0 Å². The number of fused-ring (bicyclic) bond motifs is 1. The maximum Gasteiger partial charge on any atom is 0.0746 e. The Hall–Kier alpha value is -1.82. The van der Waals surface area contributed by atoms with E-state index in [0.29, 0.717) is 5.69 Å². The lowest BCUT2D eigenvalue weighted by molar-refractivity contribution is 1.40. The molecule has 3 N–H and O–H groups in total. The first-order chi connectivity index (χ1) is 9.24. The summed E-state index contributed by atoms with van der Waals surface area (Å²) in [6.07, 6.45) is 1.69. The van der Waals surface area contributed by atoms with E-state index in [0.717, 1.165) is 22.3 Å². The third kappa shape index (κ3) is 2.49. The van der Waals surface area contributed by atoms with E-state index in [1.165, 1.54) is 3.57 Å². The van der Waals surface area contributed by atoms with Crippen LogP contribution in [0.25, 0.3) is 10.9 Å². The molecule has 94 valence electrons. The van der Waals surface area contributed by atoms with Crippen LogP contribution >= 0.6 is 22.6 Å². The van der Waals surface area contributed by atoms with Gasteiger partial charge in [0.25, 0.3) is 0 Å². The normalized spacial score (nSPS) is 10.6. The van der Waals surface area contributed by atoms with Crippen molar-refractivity contribution in [1.82, 2.24) is 4.98 Å².